The van der Waals surface area contributed by atoms with E-state index >= 15 is 0 Å². The van der Waals surface area contributed by atoms with Gasteiger partial charge in [0, 0.05) is 19.1 Å². The molecule has 0 radical (unpaired) electrons. The summed E-state index contributed by atoms with van der Waals surface area (Å²) in [6, 6.07) is 15.1. The third kappa shape index (κ3) is 4.55. The van der Waals surface area contributed by atoms with Crippen molar-refractivity contribution >= 4 is 17.3 Å². The molecule has 0 amide bonds. The van der Waals surface area contributed by atoms with Gasteiger partial charge in [-0.05, 0) is 41.5 Å². The van der Waals surface area contributed by atoms with Crippen LogP contribution >= 0.6 is 0 Å². The van der Waals surface area contributed by atoms with Crippen molar-refractivity contribution < 1.29 is 14.2 Å². The van der Waals surface area contributed by atoms with Crippen LogP contribution in [0.15, 0.2) is 53.1 Å². The number of nitrogens with zero attached hydrogens (tertiary/aromatic N) is 4. The number of rotatable bonds is 6. The van der Waals surface area contributed by atoms with E-state index in [1.165, 1.54) is 12.1 Å². The van der Waals surface area contributed by atoms with E-state index in [4.69, 9.17) is 9.26 Å². The number of ether oxygens (including phenoxy) is 1. The van der Waals surface area contributed by atoms with Crippen molar-refractivity contribution in [1.82, 2.24) is 10.1 Å². The van der Waals surface area contributed by atoms with Crippen LogP contribution in [0.25, 0.3) is 11.6 Å². The minimum atomic E-state index is -0.478. The number of nitro benzene ring substituents is 1. The summed E-state index contributed by atoms with van der Waals surface area (Å²) in [6.07, 6.45) is 1.70. The van der Waals surface area contributed by atoms with E-state index in [2.05, 4.69) is 16.2 Å². The molecule has 0 aliphatic rings. The van der Waals surface area contributed by atoms with Crippen LogP contribution in [0.4, 0.5) is 5.69 Å². The van der Waals surface area contributed by atoms with Gasteiger partial charge in [0.2, 0.25) is 11.7 Å². The summed E-state index contributed by atoms with van der Waals surface area (Å²) in [7, 11) is 0. The highest BCUT2D eigenvalue weighted by atomic mass is 16.6. The summed E-state index contributed by atoms with van der Waals surface area (Å²) in [5, 5.41) is 23.9. The molecule has 0 spiro atoms. The molecule has 3 aromatic rings. The fraction of sp³-hybridized carbons (Fsp3) is 0.105. The molecule has 0 N–H and O–H groups in total. The highest BCUT2D eigenvalue weighted by molar-refractivity contribution is 5.89. The van der Waals surface area contributed by atoms with E-state index in [9.17, 15) is 15.4 Å². The molecule has 8 heteroatoms. The molecule has 0 saturated carbocycles. The normalized spacial score (nSPS) is 11.0. The number of nitro groups is 1. The second kappa shape index (κ2) is 7.93. The first-order valence-corrected chi connectivity index (χ1v) is 7.94. The number of aromatic nitrogens is 2. The highest BCUT2D eigenvalue weighted by Gasteiger charge is 2.07. The second-order valence-corrected chi connectivity index (χ2v) is 5.56. The Morgan fingerprint density at radius 3 is 2.52 bits per heavy atom. The molecular formula is C19H14N4O4. The minimum absolute atomic E-state index is 0.0191. The van der Waals surface area contributed by atoms with Gasteiger partial charge in [-0.1, -0.05) is 17.3 Å². The third-order valence-electron chi connectivity index (χ3n) is 3.64. The Labute approximate surface area is 154 Å². The number of hydrogen-bond donors (Lipinski definition) is 0. The molecule has 134 valence electrons. The van der Waals surface area contributed by atoms with E-state index in [0.29, 0.717) is 28.6 Å². The summed E-state index contributed by atoms with van der Waals surface area (Å²) in [5.74, 6) is 1.56. The summed E-state index contributed by atoms with van der Waals surface area (Å²) >= 11 is 0. The summed E-state index contributed by atoms with van der Waals surface area (Å²) in [6.45, 7) is 1.90. The lowest BCUT2D eigenvalue weighted by Gasteiger charge is -2.04. The molecule has 2 aromatic carbocycles. The number of hydrogen-bond acceptors (Lipinski definition) is 7. The predicted molar refractivity (Wildman–Crippen MR) is 96.4 cm³/mol. The first-order valence-electron chi connectivity index (χ1n) is 7.94. The number of non-ortho nitro benzene ring substituents is 1. The highest BCUT2D eigenvalue weighted by Crippen LogP contribution is 2.22. The van der Waals surface area contributed by atoms with Gasteiger partial charge in [0.25, 0.3) is 5.69 Å². The van der Waals surface area contributed by atoms with Gasteiger partial charge in [-0.25, -0.2) is 0 Å². The molecule has 3 rings (SSSR count). The van der Waals surface area contributed by atoms with Gasteiger partial charge in [0.1, 0.15) is 5.75 Å². The summed E-state index contributed by atoms with van der Waals surface area (Å²) in [4.78, 5) is 14.3. The lowest BCUT2D eigenvalue weighted by Crippen LogP contribution is -1.97. The lowest BCUT2D eigenvalue weighted by atomic mass is 10.0. The molecular weight excluding hydrogens is 348 g/mol. The smallest absolute Gasteiger partial charge is 0.269 e. The van der Waals surface area contributed by atoms with Gasteiger partial charge >= 0.3 is 0 Å². The molecule has 27 heavy (non-hydrogen) atoms. The lowest BCUT2D eigenvalue weighted by molar-refractivity contribution is -0.384. The predicted octanol–water partition coefficient (Wildman–Crippen LogP) is 3.93. The first kappa shape index (κ1) is 17.8. The maximum absolute atomic E-state index is 10.7. The average molecular weight is 362 g/mol. The van der Waals surface area contributed by atoms with E-state index < -0.39 is 4.92 Å². The number of nitriles is 1. The van der Waals surface area contributed by atoms with Crippen molar-refractivity contribution in [1.29, 1.82) is 5.26 Å². The van der Waals surface area contributed by atoms with Crippen molar-refractivity contribution in [2.45, 2.75) is 13.5 Å². The third-order valence-corrected chi connectivity index (χ3v) is 3.64. The largest absolute Gasteiger partial charge is 0.485 e. The quantitative estimate of drug-likeness (QED) is 0.282. The molecule has 8 nitrogen and oxygen atoms in total. The van der Waals surface area contributed by atoms with Gasteiger partial charge in [-0.15, -0.1) is 0 Å². The standard InChI is InChI=1S/C19H14N4O4/c1-13-21-19(22-27-13)12-26-18-8-2-14(3-9-18)10-16(11-20)15-4-6-17(7-5-15)23(24)25/h2-10H,12H2,1H3/b16-10-. The molecule has 0 saturated heterocycles. The van der Waals surface area contributed by atoms with Gasteiger partial charge in [0.05, 0.1) is 16.6 Å². The van der Waals surface area contributed by atoms with Crippen molar-refractivity contribution in [2.75, 3.05) is 0 Å². The Morgan fingerprint density at radius 2 is 1.96 bits per heavy atom. The Morgan fingerprint density at radius 1 is 1.26 bits per heavy atom. The molecule has 0 fully saturated rings. The maximum atomic E-state index is 10.7. The summed E-state index contributed by atoms with van der Waals surface area (Å²) in [5.41, 5.74) is 1.79. The molecule has 1 aromatic heterocycles. The van der Waals surface area contributed by atoms with E-state index in [1.807, 2.05) is 0 Å². The van der Waals surface area contributed by atoms with Crippen molar-refractivity contribution in [2.24, 2.45) is 0 Å². The number of aryl methyl sites for hydroxylation is 1. The molecule has 0 atom stereocenters. The zero-order valence-corrected chi connectivity index (χ0v) is 14.3. The first-order chi connectivity index (χ1) is 13.0. The van der Waals surface area contributed by atoms with Crippen molar-refractivity contribution in [3.8, 4) is 11.8 Å². The van der Waals surface area contributed by atoms with Crippen LogP contribution in [0, 0.1) is 28.4 Å². The average Bonchev–Trinajstić information content (AvgIpc) is 3.10. The Balaban J connectivity index is 1.71. The van der Waals surface area contributed by atoms with Crippen LogP contribution in [0.1, 0.15) is 22.8 Å². The fourth-order valence-corrected chi connectivity index (χ4v) is 2.32. The second-order valence-electron chi connectivity index (χ2n) is 5.56. The van der Waals surface area contributed by atoms with Crippen LogP contribution < -0.4 is 4.74 Å². The van der Waals surface area contributed by atoms with Crippen LogP contribution in [0.5, 0.6) is 5.75 Å². The Kier molecular flexibility index (Phi) is 5.23. The van der Waals surface area contributed by atoms with Crippen LogP contribution in [-0.4, -0.2) is 15.1 Å². The molecule has 0 bridgehead atoms. The maximum Gasteiger partial charge on any atom is 0.269 e. The molecule has 1 heterocycles. The topological polar surface area (TPSA) is 115 Å². The van der Waals surface area contributed by atoms with Gasteiger partial charge < -0.3 is 9.26 Å². The van der Waals surface area contributed by atoms with E-state index in [1.54, 1.807) is 49.4 Å². The summed E-state index contributed by atoms with van der Waals surface area (Å²) < 4.78 is 10.5. The number of allylic oxidation sites excluding steroid dienone is 1. The van der Waals surface area contributed by atoms with E-state index in [-0.39, 0.29) is 12.3 Å². The molecule has 0 aliphatic carbocycles. The number of benzene rings is 2. The monoisotopic (exact) mass is 362 g/mol. The Hall–Kier alpha value is -3.99. The van der Waals surface area contributed by atoms with Crippen LogP contribution in [0.3, 0.4) is 0 Å². The Bertz CT molecular complexity index is 1020. The SMILES string of the molecule is Cc1nc(COc2ccc(/C=C(/C#N)c3ccc([N+](=O)[O-])cc3)cc2)no1. The zero-order chi connectivity index (χ0) is 19.2. The molecule has 0 unspecified atom stereocenters. The van der Waals surface area contributed by atoms with Crippen molar-refractivity contribution in [3.05, 3.63) is 81.5 Å². The zero-order valence-electron chi connectivity index (χ0n) is 14.3. The van der Waals surface area contributed by atoms with Crippen LogP contribution in [-0.2, 0) is 6.61 Å². The molecule has 0 aliphatic heterocycles. The van der Waals surface area contributed by atoms with Gasteiger partial charge in [-0.3, -0.25) is 10.1 Å². The van der Waals surface area contributed by atoms with Crippen molar-refractivity contribution in [3.63, 3.8) is 0 Å². The van der Waals surface area contributed by atoms with Gasteiger partial charge in [-0.2, -0.15) is 10.2 Å². The van der Waals surface area contributed by atoms with Crippen LogP contribution in [0.2, 0.25) is 0 Å². The van der Waals surface area contributed by atoms with Gasteiger partial charge in [0.15, 0.2) is 6.61 Å². The van der Waals surface area contributed by atoms with E-state index in [0.717, 1.165) is 5.56 Å². The minimum Gasteiger partial charge on any atom is -0.485 e. The fourth-order valence-electron chi connectivity index (χ4n) is 2.32.